The highest BCUT2D eigenvalue weighted by Crippen LogP contribution is 2.18. The molecule has 1 rings (SSSR count). The highest BCUT2D eigenvalue weighted by atomic mass is 16.5. The first-order valence-corrected chi connectivity index (χ1v) is 6.51. The van der Waals surface area contributed by atoms with Crippen molar-refractivity contribution in [2.75, 3.05) is 39.9 Å². The molecule has 1 saturated heterocycles. The second-order valence-corrected chi connectivity index (χ2v) is 5.22. The molecule has 0 radical (unpaired) electrons. The molecule has 0 saturated carbocycles. The first kappa shape index (κ1) is 14.4. The third-order valence-corrected chi connectivity index (χ3v) is 3.32. The Morgan fingerprint density at radius 2 is 2.35 bits per heavy atom. The predicted molar refractivity (Wildman–Crippen MR) is 68.7 cm³/mol. The molecule has 0 spiro atoms. The van der Waals surface area contributed by atoms with E-state index in [2.05, 4.69) is 23.2 Å². The maximum absolute atomic E-state index is 9.28. The van der Waals surface area contributed by atoms with E-state index in [1.54, 1.807) is 7.11 Å². The molecule has 0 aromatic rings. The molecule has 2 unspecified atom stereocenters. The predicted octanol–water partition coefficient (Wildman–Crippen LogP) is 1.24. The van der Waals surface area contributed by atoms with Crippen LogP contribution in [0.4, 0.5) is 0 Å². The van der Waals surface area contributed by atoms with Crippen LogP contribution >= 0.6 is 0 Å². The van der Waals surface area contributed by atoms with Crippen LogP contribution in [-0.2, 0) is 4.74 Å². The van der Waals surface area contributed by atoms with Crippen molar-refractivity contribution >= 4 is 0 Å². The van der Waals surface area contributed by atoms with Crippen LogP contribution in [0.2, 0.25) is 0 Å². The summed E-state index contributed by atoms with van der Waals surface area (Å²) in [5.41, 5.74) is -0.419. The molecule has 1 N–H and O–H groups in total. The van der Waals surface area contributed by atoms with Gasteiger partial charge in [0.1, 0.15) is 5.54 Å². The van der Waals surface area contributed by atoms with Crippen molar-refractivity contribution in [3.05, 3.63) is 0 Å². The van der Waals surface area contributed by atoms with E-state index in [4.69, 9.17) is 4.74 Å². The molecule has 0 aliphatic carbocycles. The topological polar surface area (TPSA) is 48.3 Å². The van der Waals surface area contributed by atoms with Crippen LogP contribution in [0.15, 0.2) is 0 Å². The molecule has 4 nitrogen and oxygen atoms in total. The van der Waals surface area contributed by atoms with Gasteiger partial charge in [-0.15, -0.1) is 0 Å². The lowest BCUT2D eigenvalue weighted by molar-refractivity contribution is 0.150. The number of methoxy groups -OCH3 is 1. The number of rotatable bonds is 7. The summed E-state index contributed by atoms with van der Waals surface area (Å²) in [4.78, 5) is 2.37. The van der Waals surface area contributed by atoms with Gasteiger partial charge in [-0.05, 0) is 38.8 Å². The van der Waals surface area contributed by atoms with E-state index in [0.29, 0.717) is 5.92 Å². The molecule has 98 valence electrons. The fraction of sp³-hybridized carbons (Fsp3) is 0.923. The van der Waals surface area contributed by atoms with Gasteiger partial charge in [-0.2, -0.15) is 5.26 Å². The van der Waals surface area contributed by atoms with Gasteiger partial charge in [0, 0.05) is 20.2 Å². The maximum Gasteiger partial charge on any atom is 0.116 e. The zero-order valence-corrected chi connectivity index (χ0v) is 11.3. The molecule has 0 bridgehead atoms. The summed E-state index contributed by atoms with van der Waals surface area (Å²) in [5, 5.41) is 12.6. The lowest BCUT2D eigenvalue weighted by Gasteiger charge is -2.28. The summed E-state index contributed by atoms with van der Waals surface area (Å²) in [7, 11) is 1.75. The smallest absolute Gasteiger partial charge is 0.116 e. The maximum atomic E-state index is 9.28. The van der Waals surface area contributed by atoms with Crippen LogP contribution < -0.4 is 5.32 Å². The fourth-order valence-corrected chi connectivity index (χ4v) is 2.41. The van der Waals surface area contributed by atoms with Crippen LogP contribution in [0.1, 0.15) is 26.7 Å². The van der Waals surface area contributed by atoms with Crippen molar-refractivity contribution in [1.29, 1.82) is 5.26 Å². The minimum atomic E-state index is -0.419. The number of hydrogen-bond acceptors (Lipinski definition) is 4. The largest absolute Gasteiger partial charge is 0.384 e. The lowest BCUT2D eigenvalue weighted by Crippen LogP contribution is -2.50. The third-order valence-electron chi connectivity index (χ3n) is 3.32. The van der Waals surface area contributed by atoms with Crippen molar-refractivity contribution in [2.24, 2.45) is 5.92 Å². The van der Waals surface area contributed by atoms with Crippen molar-refractivity contribution in [2.45, 2.75) is 32.2 Å². The van der Waals surface area contributed by atoms with Gasteiger partial charge in [-0.3, -0.25) is 5.32 Å². The van der Waals surface area contributed by atoms with E-state index in [1.807, 2.05) is 6.92 Å². The monoisotopic (exact) mass is 239 g/mol. The molecule has 4 heteroatoms. The second-order valence-electron chi connectivity index (χ2n) is 5.22. The Kier molecular flexibility index (Phi) is 5.90. The molecule has 1 aliphatic rings. The fourth-order valence-electron chi connectivity index (χ4n) is 2.41. The zero-order valence-electron chi connectivity index (χ0n) is 11.3. The van der Waals surface area contributed by atoms with Crippen molar-refractivity contribution in [3.63, 3.8) is 0 Å². The first-order chi connectivity index (χ1) is 8.13. The van der Waals surface area contributed by atoms with E-state index < -0.39 is 5.54 Å². The number of hydrogen-bond donors (Lipinski definition) is 1. The average Bonchev–Trinajstić information content (AvgIpc) is 2.74. The summed E-state index contributed by atoms with van der Waals surface area (Å²) in [6.07, 6.45) is 2.24. The van der Waals surface area contributed by atoms with Gasteiger partial charge in [-0.25, -0.2) is 0 Å². The number of nitriles is 1. The van der Waals surface area contributed by atoms with Gasteiger partial charge < -0.3 is 9.64 Å². The van der Waals surface area contributed by atoms with Crippen molar-refractivity contribution < 1.29 is 4.74 Å². The van der Waals surface area contributed by atoms with E-state index in [0.717, 1.165) is 39.2 Å². The normalized spacial score (nSPS) is 24.5. The molecule has 0 amide bonds. The molecule has 2 atom stereocenters. The molecule has 1 fully saturated rings. The zero-order chi connectivity index (χ0) is 12.7. The Labute approximate surface area is 105 Å². The summed E-state index contributed by atoms with van der Waals surface area (Å²) < 4.78 is 5.19. The summed E-state index contributed by atoms with van der Waals surface area (Å²) in [6.45, 7) is 8.80. The Hall–Kier alpha value is -0.630. The van der Waals surface area contributed by atoms with Crippen LogP contribution in [0.5, 0.6) is 0 Å². The Balaban J connectivity index is 2.39. The van der Waals surface area contributed by atoms with Crippen LogP contribution in [0, 0.1) is 17.2 Å². The van der Waals surface area contributed by atoms with Gasteiger partial charge in [0.25, 0.3) is 0 Å². The van der Waals surface area contributed by atoms with Crippen LogP contribution in [0.3, 0.4) is 0 Å². The molecule has 1 heterocycles. The number of likely N-dealkylation sites (tertiary alicyclic amines) is 1. The Bertz CT molecular complexity index is 264. The van der Waals surface area contributed by atoms with Gasteiger partial charge in [0.2, 0.25) is 0 Å². The van der Waals surface area contributed by atoms with Gasteiger partial charge in [-0.1, -0.05) is 6.92 Å². The standard InChI is InChI=1S/C13H25N3O/c1-4-6-15-13(2,10-14)11-16-7-5-12(8-16)9-17-3/h12,15H,4-9,11H2,1-3H3. The highest BCUT2D eigenvalue weighted by Gasteiger charge is 2.30. The SMILES string of the molecule is CCCNC(C)(C#N)CN1CCC(COC)C1. The number of ether oxygens (including phenoxy) is 1. The minimum Gasteiger partial charge on any atom is -0.384 e. The molecular weight excluding hydrogens is 214 g/mol. The quantitative estimate of drug-likeness (QED) is 0.726. The third kappa shape index (κ3) is 4.63. The van der Waals surface area contributed by atoms with Gasteiger partial charge >= 0.3 is 0 Å². The Morgan fingerprint density at radius 3 is 2.94 bits per heavy atom. The Morgan fingerprint density at radius 1 is 1.59 bits per heavy atom. The van der Waals surface area contributed by atoms with E-state index >= 15 is 0 Å². The van der Waals surface area contributed by atoms with Gasteiger partial charge in [0.05, 0.1) is 12.7 Å². The van der Waals surface area contributed by atoms with E-state index in [9.17, 15) is 5.26 Å². The summed E-state index contributed by atoms with van der Waals surface area (Å²) >= 11 is 0. The minimum absolute atomic E-state index is 0.419. The van der Waals surface area contributed by atoms with E-state index in [-0.39, 0.29) is 0 Å². The summed E-state index contributed by atoms with van der Waals surface area (Å²) in [6, 6.07) is 2.40. The molecule has 0 aromatic heterocycles. The first-order valence-electron chi connectivity index (χ1n) is 6.51. The molecule has 0 aromatic carbocycles. The second kappa shape index (κ2) is 6.95. The molecule has 17 heavy (non-hydrogen) atoms. The average molecular weight is 239 g/mol. The molecule has 1 aliphatic heterocycles. The van der Waals surface area contributed by atoms with Gasteiger partial charge in [0.15, 0.2) is 0 Å². The molecular formula is C13H25N3O. The van der Waals surface area contributed by atoms with Crippen molar-refractivity contribution in [3.8, 4) is 6.07 Å². The lowest BCUT2D eigenvalue weighted by atomic mass is 10.0. The van der Waals surface area contributed by atoms with Crippen LogP contribution in [-0.4, -0.2) is 50.3 Å². The highest BCUT2D eigenvalue weighted by molar-refractivity contribution is 5.06. The summed E-state index contributed by atoms with van der Waals surface area (Å²) in [5.74, 6) is 0.633. The van der Waals surface area contributed by atoms with Crippen LogP contribution in [0.25, 0.3) is 0 Å². The van der Waals surface area contributed by atoms with E-state index in [1.165, 1.54) is 6.42 Å². The number of nitrogens with zero attached hydrogens (tertiary/aromatic N) is 2. The van der Waals surface area contributed by atoms with Crippen molar-refractivity contribution in [1.82, 2.24) is 10.2 Å². The number of nitrogens with one attached hydrogen (secondary N) is 1.